The number of nitrogens with zero attached hydrogens (tertiary/aromatic N) is 1. The molecule has 1 N–H and O–H groups in total. The van der Waals surface area contributed by atoms with Crippen molar-refractivity contribution in [3.63, 3.8) is 0 Å². The molecule has 2 heteroatoms. The number of hydrogen-bond acceptors (Lipinski definition) is 2. The van der Waals surface area contributed by atoms with E-state index in [0.29, 0.717) is 5.92 Å². The average Bonchev–Trinajstić information content (AvgIpc) is 2.97. The zero-order chi connectivity index (χ0) is 27.5. The van der Waals surface area contributed by atoms with Crippen molar-refractivity contribution in [1.82, 2.24) is 0 Å². The van der Waals surface area contributed by atoms with Gasteiger partial charge in [0, 0.05) is 28.4 Å². The van der Waals surface area contributed by atoms with Gasteiger partial charge in [0.2, 0.25) is 0 Å². The van der Waals surface area contributed by atoms with E-state index >= 15 is 0 Å². The number of anilines is 4. The molecule has 2 nitrogen and oxygen atoms in total. The van der Waals surface area contributed by atoms with E-state index in [-0.39, 0.29) is 0 Å². The highest BCUT2D eigenvalue weighted by atomic mass is 15.1. The summed E-state index contributed by atoms with van der Waals surface area (Å²) in [5, 5.41) is 3.59. The molecule has 1 aliphatic rings. The van der Waals surface area contributed by atoms with Gasteiger partial charge in [0.25, 0.3) is 0 Å². The van der Waals surface area contributed by atoms with Gasteiger partial charge in [0.05, 0.1) is 0 Å². The molecule has 1 atom stereocenters. The van der Waals surface area contributed by atoms with Crippen LogP contribution in [0, 0.1) is 5.92 Å². The van der Waals surface area contributed by atoms with Crippen molar-refractivity contribution < 1.29 is 0 Å². The Morgan fingerprint density at radius 3 is 1.59 bits per heavy atom. The van der Waals surface area contributed by atoms with Crippen molar-refractivity contribution in [2.45, 2.75) is 91.9 Å². The molecule has 0 heterocycles. The Morgan fingerprint density at radius 2 is 1.08 bits per heavy atom. The van der Waals surface area contributed by atoms with Crippen LogP contribution in [-0.4, -0.2) is 0 Å². The number of hydrogen-bond donors (Lipinski definition) is 1. The summed E-state index contributed by atoms with van der Waals surface area (Å²) in [6, 6.07) is 27.0. The first kappa shape index (κ1) is 28.7. The topological polar surface area (TPSA) is 15.3 Å². The molecular weight excluding hydrogens is 472 g/mol. The SMILES string of the molecule is CCCCC1=CC=C(N(c2ccc(CCCC)cc2)c2ccc(Nc3ccc(CCCC)cc3)cc2)CC1C. The third-order valence-electron chi connectivity index (χ3n) is 7.94. The second-order valence-electron chi connectivity index (χ2n) is 11.2. The van der Waals surface area contributed by atoms with Crippen LogP contribution >= 0.6 is 0 Å². The van der Waals surface area contributed by atoms with Crippen LogP contribution in [0.4, 0.5) is 22.7 Å². The van der Waals surface area contributed by atoms with Crippen LogP contribution in [0.15, 0.2) is 96.2 Å². The van der Waals surface area contributed by atoms with E-state index in [1.165, 1.54) is 73.1 Å². The smallest absolute Gasteiger partial charge is 0.0459 e. The molecule has 0 aliphatic heterocycles. The molecular formula is C37H48N2. The van der Waals surface area contributed by atoms with E-state index in [4.69, 9.17) is 0 Å². The summed E-state index contributed by atoms with van der Waals surface area (Å²) in [6.07, 6.45) is 16.8. The summed E-state index contributed by atoms with van der Waals surface area (Å²) in [7, 11) is 0. The molecule has 0 amide bonds. The van der Waals surface area contributed by atoms with Crippen molar-refractivity contribution in [2.24, 2.45) is 5.92 Å². The standard InChI is InChI=1S/C37H48N2/c1-5-8-11-30-14-19-33(20-15-30)38-34-21-26-36(27-22-34)39(35-23-16-31(17-24-35)12-9-6-2)37-25-18-32(13-10-7-3)29(4)28-37/h14-27,29,38H,5-13,28H2,1-4H3. The van der Waals surface area contributed by atoms with Crippen molar-refractivity contribution >= 4 is 22.7 Å². The monoisotopic (exact) mass is 520 g/mol. The quantitative estimate of drug-likeness (QED) is 0.227. The van der Waals surface area contributed by atoms with E-state index in [1.807, 2.05) is 0 Å². The lowest BCUT2D eigenvalue weighted by Gasteiger charge is -2.32. The fourth-order valence-corrected chi connectivity index (χ4v) is 5.43. The Hall–Kier alpha value is -3.26. The number of aryl methyl sites for hydroxylation is 2. The van der Waals surface area contributed by atoms with E-state index in [1.54, 1.807) is 5.57 Å². The number of nitrogens with one attached hydrogen (secondary N) is 1. The Bertz CT molecular complexity index is 1200. The first-order valence-electron chi connectivity index (χ1n) is 15.4. The molecule has 206 valence electrons. The minimum atomic E-state index is 0.573. The van der Waals surface area contributed by atoms with Crippen molar-refractivity contribution in [3.05, 3.63) is 107 Å². The van der Waals surface area contributed by atoms with Crippen LogP contribution in [-0.2, 0) is 12.8 Å². The van der Waals surface area contributed by atoms with Gasteiger partial charge in [-0.2, -0.15) is 0 Å². The molecule has 1 unspecified atom stereocenters. The van der Waals surface area contributed by atoms with E-state index in [9.17, 15) is 0 Å². The van der Waals surface area contributed by atoms with E-state index in [0.717, 1.165) is 30.6 Å². The van der Waals surface area contributed by atoms with Crippen LogP contribution in [0.3, 0.4) is 0 Å². The molecule has 3 aromatic rings. The Kier molecular flexibility index (Phi) is 10.9. The summed E-state index contributed by atoms with van der Waals surface area (Å²) >= 11 is 0. The van der Waals surface area contributed by atoms with Gasteiger partial charge in [-0.3, -0.25) is 0 Å². The summed E-state index contributed by atoms with van der Waals surface area (Å²) in [4.78, 5) is 2.46. The molecule has 0 aromatic heterocycles. The van der Waals surface area contributed by atoms with Crippen LogP contribution in [0.1, 0.15) is 90.2 Å². The molecule has 0 radical (unpaired) electrons. The maximum atomic E-state index is 3.59. The zero-order valence-corrected chi connectivity index (χ0v) is 24.7. The third kappa shape index (κ3) is 8.12. The minimum absolute atomic E-state index is 0.573. The van der Waals surface area contributed by atoms with Gasteiger partial charge < -0.3 is 10.2 Å². The Balaban J connectivity index is 1.57. The second-order valence-corrected chi connectivity index (χ2v) is 11.2. The Morgan fingerprint density at radius 1 is 0.615 bits per heavy atom. The lowest BCUT2D eigenvalue weighted by molar-refractivity contribution is 0.605. The van der Waals surface area contributed by atoms with Crippen molar-refractivity contribution in [3.8, 4) is 0 Å². The van der Waals surface area contributed by atoms with Crippen LogP contribution in [0.2, 0.25) is 0 Å². The molecule has 0 bridgehead atoms. The number of rotatable bonds is 14. The first-order valence-corrected chi connectivity index (χ1v) is 15.4. The fourth-order valence-electron chi connectivity index (χ4n) is 5.43. The highest BCUT2D eigenvalue weighted by molar-refractivity contribution is 5.72. The zero-order valence-electron chi connectivity index (χ0n) is 24.7. The van der Waals surface area contributed by atoms with Gasteiger partial charge in [-0.15, -0.1) is 0 Å². The molecule has 3 aromatic carbocycles. The maximum Gasteiger partial charge on any atom is 0.0459 e. The van der Waals surface area contributed by atoms with Gasteiger partial charge in [-0.05, 0) is 117 Å². The number of allylic oxidation sites excluding steroid dienone is 4. The highest BCUT2D eigenvalue weighted by Crippen LogP contribution is 2.38. The molecule has 39 heavy (non-hydrogen) atoms. The van der Waals surface area contributed by atoms with Gasteiger partial charge in [0.1, 0.15) is 0 Å². The normalized spacial score (nSPS) is 15.0. The largest absolute Gasteiger partial charge is 0.356 e. The van der Waals surface area contributed by atoms with Gasteiger partial charge >= 0.3 is 0 Å². The van der Waals surface area contributed by atoms with E-state index in [2.05, 4.69) is 123 Å². The minimum Gasteiger partial charge on any atom is -0.356 e. The van der Waals surface area contributed by atoms with E-state index < -0.39 is 0 Å². The third-order valence-corrected chi connectivity index (χ3v) is 7.94. The molecule has 0 saturated heterocycles. The first-order chi connectivity index (χ1) is 19.1. The maximum absolute atomic E-state index is 3.59. The molecule has 4 rings (SSSR count). The predicted octanol–water partition coefficient (Wildman–Crippen LogP) is 11.3. The summed E-state index contributed by atoms with van der Waals surface area (Å²) in [5.41, 5.74) is 10.5. The highest BCUT2D eigenvalue weighted by Gasteiger charge is 2.21. The fraction of sp³-hybridized carbons (Fsp3) is 0.405. The van der Waals surface area contributed by atoms with Crippen LogP contribution < -0.4 is 10.2 Å². The molecule has 0 fully saturated rings. The van der Waals surface area contributed by atoms with Gasteiger partial charge in [-0.1, -0.05) is 82.9 Å². The summed E-state index contributed by atoms with van der Waals surface area (Å²) < 4.78 is 0. The van der Waals surface area contributed by atoms with Crippen LogP contribution in [0.25, 0.3) is 0 Å². The summed E-state index contributed by atoms with van der Waals surface area (Å²) in [5.74, 6) is 0.573. The summed E-state index contributed by atoms with van der Waals surface area (Å²) in [6.45, 7) is 9.18. The van der Waals surface area contributed by atoms with Crippen LogP contribution in [0.5, 0.6) is 0 Å². The molecule has 0 spiro atoms. The average molecular weight is 521 g/mol. The number of benzene rings is 3. The van der Waals surface area contributed by atoms with Crippen molar-refractivity contribution in [2.75, 3.05) is 10.2 Å². The van der Waals surface area contributed by atoms with Gasteiger partial charge in [0.15, 0.2) is 0 Å². The predicted molar refractivity (Wildman–Crippen MR) is 171 cm³/mol. The Labute approximate surface area is 237 Å². The van der Waals surface area contributed by atoms with Crippen molar-refractivity contribution in [1.29, 1.82) is 0 Å². The van der Waals surface area contributed by atoms with Gasteiger partial charge in [-0.25, -0.2) is 0 Å². The lowest BCUT2D eigenvalue weighted by Crippen LogP contribution is -2.21. The lowest BCUT2D eigenvalue weighted by atomic mass is 9.87. The number of unbranched alkanes of at least 4 members (excludes halogenated alkanes) is 3. The second kappa shape index (κ2) is 14.8. The molecule has 0 saturated carbocycles. The molecule has 1 aliphatic carbocycles.